The molecule has 2 rings (SSSR count). The van der Waals surface area contributed by atoms with Crippen LogP contribution >= 0.6 is 0 Å². The zero-order chi connectivity index (χ0) is 10.5. The second-order valence-corrected chi connectivity index (χ2v) is 4.35. The smallest absolute Gasteiger partial charge is 0.0951 e. The van der Waals surface area contributed by atoms with Crippen LogP contribution in [0.25, 0.3) is 0 Å². The van der Waals surface area contributed by atoms with Crippen molar-refractivity contribution in [2.24, 2.45) is 0 Å². The predicted molar refractivity (Wildman–Crippen MR) is 62.0 cm³/mol. The van der Waals surface area contributed by atoms with Gasteiger partial charge in [0.2, 0.25) is 0 Å². The summed E-state index contributed by atoms with van der Waals surface area (Å²) in [5, 5.41) is 3.19. The number of imidazole rings is 1. The Balaban J connectivity index is 1.88. The molecular weight excluding hydrogens is 186 g/mol. The first-order chi connectivity index (χ1) is 7.42. The van der Waals surface area contributed by atoms with Crippen LogP contribution in [0.1, 0.15) is 37.1 Å². The fourth-order valence-corrected chi connectivity index (χ4v) is 2.31. The lowest BCUT2D eigenvalue weighted by Crippen LogP contribution is -2.11. The van der Waals surface area contributed by atoms with Crippen LogP contribution in [0.3, 0.4) is 0 Å². The maximum atomic E-state index is 4.50. The van der Waals surface area contributed by atoms with E-state index in [1.54, 1.807) is 0 Å². The van der Waals surface area contributed by atoms with Gasteiger partial charge in [-0.05, 0) is 52.1 Å². The van der Waals surface area contributed by atoms with Crippen molar-refractivity contribution < 1.29 is 0 Å². The fraction of sp³-hybridized carbons (Fsp3) is 0.750. The van der Waals surface area contributed by atoms with E-state index in [2.05, 4.69) is 14.9 Å². The Morgan fingerprint density at radius 2 is 2.20 bits per heavy atom. The molecule has 0 fully saturated rings. The van der Waals surface area contributed by atoms with Crippen molar-refractivity contribution in [3.63, 3.8) is 0 Å². The fourth-order valence-electron chi connectivity index (χ4n) is 2.31. The molecule has 0 amide bonds. The topological polar surface area (TPSA) is 29.9 Å². The third kappa shape index (κ3) is 2.59. The summed E-state index contributed by atoms with van der Waals surface area (Å²) in [5.74, 6) is 0. The van der Waals surface area contributed by atoms with Gasteiger partial charge in [-0.2, -0.15) is 0 Å². The van der Waals surface area contributed by atoms with Gasteiger partial charge in [0, 0.05) is 12.2 Å². The van der Waals surface area contributed by atoms with Crippen LogP contribution in [0.15, 0.2) is 6.33 Å². The predicted octanol–water partition coefficient (Wildman–Crippen LogP) is 1.76. The SMILES string of the molecule is CNCCCCn1cnc2c1CCCC2. The molecular formula is C12H21N3. The molecule has 0 spiro atoms. The van der Waals surface area contributed by atoms with Gasteiger partial charge in [0.15, 0.2) is 0 Å². The molecule has 0 unspecified atom stereocenters. The van der Waals surface area contributed by atoms with E-state index >= 15 is 0 Å². The first-order valence-corrected chi connectivity index (χ1v) is 6.09. The summed E-state index contributed by atoms with van der Waals surface area (Å²) in [6.07, 6.45) is 9.64. The lowest BCUT2D eigenvalue weighted by Gasteiger charge is -2.13. The van der Waals surface area contributed by atoms with E-state index in [-0.39, 0.29) is 0 Å². The summed E-state index contributed by atoms with van der Waals surface area (Å²) in [4.78, 5) is 4.50. The molecule has 1 aromatic heterocycles. The molecule has 1 heterocycles. The number of fused-ring (bicyclic) bond motifs is 1. The molecule has 1 aliphatic rings. The number of unbranched alkanes of at least 4 members (excludes halogenated alkanes) is 1. The van der Waals surface area contributed by atoms with Gasteiger partial charge in [-0.3, -0.25) is 0 Å². The minimum atomic E-state index is 1.12. The van der Waals surface area contributed by atoms with Crippen molar-refractivity contribution in [2.75, 3.05) is 13.6 Å². The molecule has 0 radical (unpaired) electrons. The first-order valence-electron chi connectivity index (χ1n) is 6.09. The lowest BCUT2D eigenvalue weighted by atomic mass is 10.0. The number of nitrogens with zero attached hydrogens (tertiary/aromatic N) is 2. The first kappa shape index (κ1) is 10.7. The van der Waals surface area contributed by atoms with Gasteiger partial charge in [-0.25, -0.2) is 4.98 Å². The highest BCUT2D eigenvalue weighted by Crippen LogP contribution is 2.19. The van der Waals surface area contributed by atoms with Crippen LogP contribution in [0.4, 0.5) is 0 Å². The Morgan fingerprint density at radius 1 is 1.33 bits per heavy atom. The second-order valence-electron chi connectivity index (χ2n) is 4.35. The molecule has 3 nitrogen and oxygen atoms in total. The standard InChI is InChI=1S/C12H21N3/c1-13-8-4-5-9-15-10-14-11-6-2-3-7-12(11)15/h10,13H,2-9H2,1H3. The summed E-state index contributed by atoms with van der Waals surface area (Å²) in [6.45, 7) is 2.26. The van der Waals surface area contributed by atoms with Crippen molar-refractivity contribution in [3.8, 4) is 0 Å². The van der Waals surface area contributed by atoms with Crippen LogP contribution in [-0.4, -0.2) is 23.1 Å². The molecule has 0 saturated heterocycles. The highest BCUT2D eigenvalue weighted by molar-refractivity contribution is 5.16. The molecule has 1 N–H and O–H groups in total. The number of nitrogens with one attached hydrogen (secondary N) is 1. The quantitative estimate of drug-likeness (QED) is 0.746. The molecule has 0 aromatic carbocycles. The number of hydrogen-bond donors (Lipinski definition) is 1. The summed E-state index contributed by atoms with van der Waals surface area (Å²) in [6, 6.07) is 0. The van der Waals surface area contributed by atoms with Crippen LogP contribution in [0.2, 0.25) is 0 Å². The number of rotatable bonds is 5. The maximum absolute atomic E-state index is 4.50. The largest absolute Gasteiger partial charge is 0.334 e. The minimum absolute atomic E-state index is 1.12. The van der Waals surface area contributed by atoms with Crippen LogP contribution in [-0.2, 0) is 19.4 Å². The molecule has 1 aromatic rings. The number of hydrogen-bond acceptors (Lipinski definition) is 2. The van der Waals surface area contributed by atoms with E-state index in [4.69, 9.17) is 0 Å². The third-order valence-electron chi connectivity index (χ3n) is 3.19. The van der Waals surface area contributed by atoms with Gasteiger partial charge in [-0.1, -0.05) is 0 Å². The van der Waals surface area contributed by atoms with Crippen molar-refractivity contribution in [1.29, 1.82) is 0 Å². The number of aromatic nitrogens is 2. The molecule has 3 heteroatoms. The van der Waals surface area contributed by atoms with Crippen LogP contribution < -0.4 is 5.32 Å². The Labute approximate surface area is 91.9 Å². The number of aryl methyl sites for hydroxylation is 2. The van der Waals surface area contributed by atoms with Crippen molar-refractivity contribution in [3.05, 3.63) is 17.7 Å². The highest BCUT2D eigenvalue weighted by Gasteiger charge is 2.14. The highest BCUT2D eigenvalue weighted by atomic mass is 15.1. The maximum Gasteiger partial charge on any atom is 0.0951 e. The zero-order valence-electron chi connectivity index (χ0n) is 9.63. The van der Waals surface area contributed by atoms with Crippen molar-refractivity contribution in [1.82, 2.24) is 14.9 Å². The van der Waals surface area contributed by atoms with Crippen molar-refractivity contribution >= 4 is 0 Å². The summed E-state index contributed by atoms with van der Waals surface area (Å²) in [5.41, 5.74) is 2.86. The monoisotopic (exact) mass is 207 g/mol. The average molecular weight is 207 g/mol. The molecule has 0 atom stereocenters. The van der Waals surface area contributed by atoms with Crippen molar-refractivity contribution in [2.45, 2.75) is 45.1 Å². The van der Waals surface area contributed by atoms with Gasteiger partial charge in [0.25, 0.3) is 0 Å². The lowest BCUT2D eigenvalue weighted by molar-refractivity contribution is 0.557. The van der Waals surface area contributed by atoms with Crippen LogP contribution in [0.5, 0.6) is 0 Å². The van der Waals surface area contributed by atoms with E-state index in [1.165, 1.54) is 49.9 Å². The molecule has 0 bridgehead atoms. The molecule has 15 heavy (non-hydrogen) atoms. The van der Waals surface area contributed by atoms with Gasteiger partial charge in [-0.15, -0.1) is 0 Å². The van der Waals surface area contributed by atoms with E-state index < -0.39 is 0 Å². The average Bonchev–Trinajstić information content (AvgIpc) is 2.68. The second kappa shape index (κ2) is 5.31. The Bertz CT molecular complexity index is 304. The normalized spacial score (nSPS) is 15.3. The molecule has 1 aliphatic carbocycles. The zero-order valence-corrected chi connectivity index (χ0v) is 9.63. The van der Waals surface area contributed by atoms with E-state index in [0.29, 0.717) is 0 Å². The molecule has 0 aliphatic heterocycles. The Kier molecular flexibility index (Phi) is 3.78. The van der Waals surface area contributed by atoms with E-state index in [9.17, 15) is 0 Å². The van der Waals surface area contributed by atoms with Gasteiger partial charge >= 0.3 is 0 Å². The molecule has 84 valence electrons. The Hall–Kier alpha value is -0.830. The summed E-state index contributed by atoms with van der Waals surface area (Å²) < 4.78 is 2.37. The van der Waals surface area contributed by atoms with Crippen LogP contribution in [0, 0.1) is 0 Å². The van der Waals surface area contributed by atoms with Gasteiger partial charge < -0.3 is 9.88 Å². The summed E-state index contributed by atoms with van der Waals surface area (Å²) in [7, 11) is 2.01. The molecule has 0 saturated carbocycles. The minimum Gasteiger partial charge on any atom is -0.334 e. The van der Waals surface area contributed by atoms with Gasteiger partial charge in [0.1, 0.15) is 0 Å². The summed E-state index contributed by atoms with van der Waals surface area (Å²) >= 11 is 0. The van der Waals surface area contributed by atoms with E-state index in [1.807, 2.05) is 13.4 Å². The Morgan fingerprint density at radius 3 is 3.07 bits per heavy atom. The third-order valence-corrected chi connectivity index (χ3v) is 3.19. The van der Waals surface area contributed by atoms with Gasteiger partial charge in [0.05, 0.1) is 12.0 Å². The van der Waals surface area contributed by atoms with E-state index in [0.717, 1.165) is 13.1 Å².